The third-order valence-electron chi connectivity index (χ3n) is 6.03. The summed E-state index contributed by atoms with van der Waals surface area (Å²) in [5.74, 6) is -1.76. The number of nitrogens with one attached hydrogen (secondary N) is 1. The van der Waals surface area contributed by atoms with Crippen LogP contribution in [0.15, 0.2) is 60.7 Å². The van der Waals surface area contributed by atoms with Gasteiger partial charge in [-0.05, 0) is 66.6 Å². The van der Waals surface area contributed by atoms with Crippen LogP contribution in [0, 0.1) is 11.6 Å². The van der Waals surface area contributed by atoms with Gasteiger partial charge in [-0.25, -0.2) is 8.78 Å². The minimum atomic E-state index is -0.943. The van der Waals surface area contributed by atoms with Crippen molar-refractivity contribution in [1.29, 1.82) is 0 Å². The van der Waals surface area contributed by atoms with Crippen molar-refractivity contribution < 1.29 is 13.5 Å². The first-order chi connectivity index (χ1) is 17.4. The zero-order valence-corrected chi connectivity index (χ0v) is 21.1. The average Bonchev–Trinajstić information content (AvgIpc) is 3.40. The van der Waals surface area contributed by atoms with Crippen LogP contribution in [0.1, 0.15) is 23.6 Å². The van der Waals surface area contributed by atoms with Crippen molar-refractivity contribution >= 4 is 34.8 Å². The lowest BCUT2D eigenvalue weighted by atomic mass is 9.91. The molecule has 1 aliphatic heterocycles. The van der Waals surface area contributed by atoms with Crippen molar-refractivity contribution in [3.05, 3.63) is 98.6 Å². The zero-order chi connectivity index (χ0) is 25.2. The second-order valence-electron chi connectivity index (χ2n) is 8.47. The normalized spacial score (nSPS) is 15.3. The van der Waals surface area contributed by atoms with Crippen molar-refractivity contribution in [3.63, 3.8) is 0 Å². The van der Waals surface area contributed by atoms with Crippen molar-refractivity contribution in [2.75, 3.05) is 13.1 Å². The lowest BCUT2D eigenvalue weighted by Crippen LogP contribution is -2.12. The number of aromatic nitrogens is 2. The van der Waals surface area contributed by atoms with E-state index in [2.05, 4.69) is 5.32 Å². The molecule has 4 nitrogen and oxygen atoms in total. The van der Waals surface area contributed by atoms with Gasteiger partial charge in [-0.2, -0.15) is 9.97 Å². The third-order valence-corrected chi connectivity index (χ3v) is 6.83. The Morgan fingerprint density at radius 1 is 0.889 bits per heavy atom. The predicted molar refractivity (Wildman–Crippen MR) is 139 cm³/mol. The molecule has 1 aliphatic rings. The fourth-order valence-corrected chi connectivity index (χ4v) is 4.88. The van der Waals surface area contributed by atoms with E-state index in [1.165, 1.54) is 6.07 Å². The highest BCUT2D eigenvalue weighted by molar-refractivity contribution is 6.36. The molecule has 0 bridgehead atoms. The molecule has 184 valence electrons. The third kappa shape index (κ3) is 5.32. The Morgan fingerprint density at radius 3 is 2.36 bits per heavy atom. The largest absolute Gasteiger partial charge is 0.459 e. The number of hydrogen-bond donors (Lipinski definition) is 1. The molecule has 5 rings (SSSR count). The Balaban J connectivity index is 1.66. The molecular weight excluding hydrogens is 527 g/mol. The molecule has 4 aromatic rings. The van der Waals surface area contributed by atoms with Crippen LogP contribution in [-0.4, -0.2) is 23.1 Å². The second-order valence-corrected chi connectivity index (χ2v) is 9.75. The highest BCUT2D eigenvalue weighted by Gasteiger charge is 2.27. The molecular formula is C27H20Cl3F2N3O. The first kappa shape index (κ1) is 24.9. The monoisotopic (exact) mass is 545 g/mol. The quantitative estimate of drug-likeness (QED) is 0.269. The van der Waals surface area contributed by atoms with Crippen LogP contribution in [0.3, 0.4) is 0 Å². The number of hydrogen-bond acceptors (Lipinski definition) is 4. The minimum Gasteiger partial charge on any atom is -0.459 e. The molecule has 1 aromatic heterocycles. The summed E-state index contributed by atoms with van der Waals surface area (Å²) >= 11 is 18.9. The molecule has 1 atom stereocenters. The van der Waals surface area contributed by atoms with E-state index in [4.69, 9.17) is 49.5 Å². The van der Waals surface area contributed by atoms with Crippen molar-refractivity contribution in [2.45, 2.75) is 18.9 Å². The predicted octanol–water partition coefficient (Wildman–Crippen LogP) is 7.70. The molecule has 0 saturated carbocycles. The lowest BCUT2D eigenvalue weighted by molar-refractivity contribution is 0.279. The van der Waals surface area contributed by atoms with Gasteiger partial charge in [0.15, 0.2) is 11.6 Å². The maximum atomic E-state index is 13.7. The van der Waals surface area contributed by atoms with Crippen molar-refractivity contribution in [3.8, 4) is 28.4 Å². The summed E-state index contributed by atoms with van der Waals surface area (Å²) in [6, 6.07) is 16.4. The van der Waals surface area contributed by atoms with E-state index in [0.29, 0.717) is 31.9 Å². The van der Waals surface area contributed by atoms with Crippen LogP contribution in [-0.2, 0) is 6.61 Å². The molecule has 36 heavy (non-hydrogen) atoms. The van der Waals surface area contributed by atoms with Crippen molar-refractivity contribution in [1.82, 2.24) is 15.3 Å². The number of nitrogens with zero attached hydrogens (tertiary/aromatic N) is 2. The van der Waals surface area contributed by atoms with E-state index in [1.54, 1.807) is 12.1 Å². The Hall–Kier alpha value is -2.77. The molecule has 3 aromatic carbocycles. The van der Waals surface area contributed by atoms with E-state index >= 15 is 0 Å². The van der Waals surface area contributed by atoms with Crippen LogP contribution in [0.25, 0.3) is 22.4 Å². The highest BCUT2D eigenvalue weighted by atomic mass is 35.5. The molecule has 0 radical (unpaired) electrons. The van der Waals surface area contributed by atoms with E-state index in [0.717, 1.165) is 48.5 Å². The maximum absolute atomic E-state index is 13.7. The van der Waals surface area contributed by atoms with Crippen molar-refractivity contribution in [2.24, 2.45) is 0 Å². The van der Waals surface area contributed by atoms with Gasteiger partial charge >= 0.3 is 6.01 Å². The highest BCUT2D eigenvalue weighted by Crippen LogP contribution is 2.42. The molecule has 1 saturated heterocycles. The lowest BCUT2D eigenvalue weighted by Gasteiger charge is -2.20. The van der Waals surface area contributed by atoms with E-state index in [-0.39, 0.29) is 18.5 Å². The molecule has 0 amide bonds. The zero-order valence-electron chi connectivity index (χ0n) is 18.9. The van der Waals surface area contributed by atoms with Gasteiger partial charge in [-0.15, -0.1) is 0 Å². The first-order valence-corrected chi connectivity index (χ1v) is 12.4. The summed E-state index contributed by atoms with van der Waals surface area (Å²) < 4.78 is 33.0. The number of halogens is 5. The number of rotatable bonds is 6. The number of ether oxygens (including phenoxy) is 1. The second kappa shape index (κ2) is 10.7. The molecule has 2 heterocycles. The molecule has 0 spiro atoms. The van der Waals surface area contributed by atoms with Gasteiger partial charge in [0.25, 0.3) is 0 Å². The summed E-state index contributed by atoms with van der Waals surface area (Å²) in [5, 5.41) is 4.92. The Bertz CT molecular complexity index is 1410. The van der Waals surface area contributed by atoms with Crippen LogP contribution in [0.4, 0.5) is 8.78 Å². The summed E-state index contributed by atoms with van der Waals surface area (Å²) in [7, 11) is 0. The fourth-order valence-electron chi connectivity index (χ4n) is 4.26. The topological polar surface area (TPSA) is 47.0 Å². The molecule has 1 N–H and O–H groups in total. The summed E-state index contributed by atoms with van der Waals surface area (Å²) in [4.78, 5) is 9.54. The number of benzene rings is 3. The van der Waals surface area contributed by atoms with Gasteiger partial charge in [0, 0.05) is 33.6 Å². The first-order valence-electron chi connectivity index (χ1n) is 11.3. The summed E-state index contributed by atoms with van der Waals surface area (Å²) in [5.41, 5.74) is 4.21. The van der Waals surface area contributed by atoms with E-state index in [1.807, 2.05) is 30.3 Å². The van der Waals surface area contributed by atoms with Gasteiger partial charge in [0.05, 0.1) is 16.4 Å². The Morgan fingerprint density at radius 2 is 1.67 bits per heavy atom. The van der Waals surface area contributed by atoms with Gasteiger partial charge in [0.2, 0.25) is 0 Å². The average molecular weight is 547 g/mol. The van der Waals surface area contributed by atoms with Crippen LogP contribution < -0.4 is 10.1 Å². The SMILES string of the molecule is Fc1ccc(COc2nc(-c3ccc(Cl)cc3Cl)c(-c3ccc(Cl)cc3)c(C3CCNC3)n2)cc1F. The maximum Gasteiger partial charge on any atom is 0.317 e. The van der Waals surface area contributed by atoms with Gasteiger partial charge < -0.3 is 10.1 Å². The molecule has 0 aliphatic carbocycles. The molecule has 1 fully saturated rings. The fraction of sp³-hybridized carbons (Fsp3) is 0.185. The Labute approximate surface area is 222 Å². The van der Waals surface area contributed by atoms with Crippen LogP contribution >= 0.6 is 34.8 Å². The van der Waals surface area contributed by atoms with Crippen LogP contribution in [0.5, 0.6) is 6.01 Å². The molecule has 9 heteroatoms. The van der Waals surface area contributed by atoms with Gasteiger partial charge in [0.1, 0.15) is 6.61 Å². The van der Waals surface area contributed by atoms with E-state index in [9.17, 15) is 8.78 Å². The minimum absolute atomic E-state index is 0.0341. The van der Waals surface area contributed by atoms with Gasteiger partial charge in [-0.1, -0.05) is 53.0 Å². The van der Waals surface area contributed by atoms with Gasteiger partial charge in [-0.3, -0.25) is 0 Å². The summed E-state index contributed by atoms with van der Waals surface area (Å²) in [6.45, 7) is 1.57. The smallest absolute Gasteiger partial charge is 0.317 e. The van der Waals surface area contributed by atoms with E-state index < -0.39 is 11.6 Å². The Kier molecular flexibility index (Phi) is 7.39. The molecule has 1 unspecified atom stereocenters. The summed E-state index contributed by atoms with van der Waals surface area (Å²) in [6.07, 6.45) is 0.883. The standard InChI is InChI=1S/C27H20Cl3F2N3O/c28-18-4-2-16(3-5-18)24-25(17-9-10-33-13-17)34-27(36-14-15-1-8-22(31)23(32)11-15)35-26(24)20-7-6-19(29)12-21(20)30/h1-8,11-12,17,33H,9-10,13-14H2. The van der Waals surface area contributed by atoms with Crippen LogP contribution in [0.2, 0.25) is 15.1 Å².